The number of nitrogens with one attached hydrogen (secondary N) is 2. The third-order valence-electron chi connectivity index (χ3n) is 3.23. The molecule has 0 aliphatic heterocycles. The maximum Gasteiger partial charge on any atom is 0.412 e. The molecule has 0 spiro atoms. The third-order valence-corrected chi connectivity index (χ3v) is 3.23. The lowest BCUT2D eigenvalue weighted by Gasteiger charge is -2.19. The van der Waals surface area contributed by atoms with Crippen LogP contribution in [0, 0.1) is 10.1 Å². The standard InChI is InChI=1S/C18H21N3O5/c1-18(2,3)26-17(23)20-14-6-4-5-13(10-14)19-15-8-7-12(11-22)9-16(15)21(24)25/h4-10,19,22H,11H2,1-3H3,(H,20,23). The first-order chi connectivity index (χ1) is 12.2. The molecule has 26 heavy (non-hydrogen) atoms. The highest BCUT2D eigenvalue weighted by Crippen LogP contribution is 2.29. The van der Waals surface area contributed by atoms with Crippen LogP contribution >= 0.6 is 0 Å². The Hall–Kier alpha value is -3.13. The van der Waals surface area contributed by atoms with E-state index in [1.165, 1.54) is 12.1 Å². The Bertz CT molecular complexity index is 815. The van der Waals surface area contributed by atoms with E-state index < -0.39 is 16.6 Å². The molecule has 1 amide bonds. The van der Waals surface area contributed by atoms with Gasteiger partial charge in [0, 0.05) is 17.4 Å². The van der Waals surface area contributed by atoms with Crippen LogP contribution in [-0.4, -0.2) is 21.7 Å². The fraction of sp³-hybridized carbons (Fsp3) is 0.278. The minimum atomic E-state index is -0.616. The number of ether oxygens (including phenoxy) is 1. The van der Waals surface area contributed by atoms with E-state index in [9.17, 15) is 14.9 Å². The number of nitro benzene ring substituents is 1. The number of benzene rings is 2. The number of hydrogen-bond donors (Lipinski definition) is 3. The number of carbonyl (C=O) groups excluding carboxylic acids is 1. The number of aliphatic hydroxyl groups is 1. The van der Waals surface area contributed by atoms with Crippen molar-refractivity contribution in [2.45, 2.75) is 33.0 Å². The van der Waals surface area contributed by atoms with Crippen molar-refractivity contribution in [1.82, 2.24) is 0 Å². The van der Waals surface area contributed by atoms with Crippen LogP contribution in [-0.2, 0) is 11.3 Å². The van der Waals surface area contributed by atoms with Crippen molar-refractivity contribution in [1.29, 1.82) is 0 Å². The van der Waals surface area contributed by atoms with Crippen molar-refractivity contribution in [3.63, 3.8) is 0 Å². The van der Waals surface area contributed by atoms with E-state index in [1.807, 2.05) is 0 Å². The van der Waals surface area contributed by atoms with Crippen LogP contribution in [0.5, 0.6) is 0 Å². The fourth-order valence-corrected chi connectivity index (χ4v) is 2.18. The predicted octanol–water partition coefficient (Wildman–Crippen LogP) is 4.18. The minimum absolute atomic E-state index is 0.151. The van der Waals surface area contributed by atoms with Crippen molar-refractivity contribution in [3.05, 3.63) is 58.1 Å². The number of amides is 1. The predicted molar refractivity (Wildman–Crippen MR) is 98.6 cm³/mol. The molecular weight excluding hydrogens is 338 g/mol. The Kier molecular flexibility index (Phi) is 5.78. The molecule has 0 fully saturated rings. The van der Waals surface area contributed by atoms with Gasteiger partial charge in [0.1, 0.15) is 11.3 Å². The van der Waals surface area contributed by atoms with Gasteiger partial charge in [0.05, 0.1) is 11.5 Å². The summed E-state index contributed by atoms with van der Waals surface area (Å²) in [6, 6.07) is 11.2. The van der Waals surface area contributed by atoms with E-state index in [4.69, 9.17) is 9.84 Å². The van der Waals surface area contributed by atoms with Gasteiger partial charge in [-0.1, -0.05) is 12.1 Å². The number of carbonyl (C=O) groups is 1. The van der Waals surface area contributed by atoms with E-state index in [0.717, 1.165) is 0 Å². The van der Waals surface area contributed by atoms with Gasteiger partial charge in [0.25, 0.3) is 5.69 Å². The molecule has 0 aromatic heterocycles. The van der Waals surface area contributed by atoms with Crippen LogP contribution in [0.25, 0.3) is 0 Å². The molecule has 0 aliphatic rings. The molecule has 0 bridgehead atoms. The summed E-state index contributed by atoms with van der Waals surface area (Å²) in [6.07, 6.45) is -0.590. The van der Waals surface area contributed by atoms with Crippen molar-refractivity contribution < 1.29 is 19.6 Å². The highest BCUT2D eigenvalue weighted by Gasteiger charge is 2.17. The van der Waals surface area contributed by atoms with Crippen LogP contribution in [0.15, 0.2) is 42.5 Å². The number of anilines is 3. The maximum atomic E-state index is 11.8. The molecule has 138 valence electrons. The summed E-state index contributed by atoms with van der Waals surface area (Å²) in [5.41, 5.74) is 0.998. The Labute approximate surface area is 151 Å². The van der Waals surface area contributed by atoms with Crippen LogP contribution in [0.1, 0.15) is 26.3 Å². The van der Waals surface area contributed by atoms with E-state index >= 15 is 0 Å². The molecule has 0 aliphatic carbocycles. The molecule has 8 heteroatoms. The van der Waals surface area contributed by atoms with Crippen LogP contribution < -0.4 is 10.6 Å². The summed E-state index contributed by atoms with van der Waals surface area (Å²) in [5.74, 6) is 0. The van der Waals surface area contributed by atoms with Gasteiger partial charge < -0.3 is 15.2 Å². The van der Waals surface area contributed by atoms with Gasteiger partial charge in [0.2, 0.25) is 0 Å². The third kappa shape index (κ3) is 5.45. The molecule has 0 heterocycles. The first kappa shape index (κ1) is 19.2. The quantitative estimate of drug-likeness (QED) is 0.545. The zero-order chi connectivity index (χ0) is 19.3. The van der Waals surface area contributed by atoms with Gasteiger partial charge in [-0.25, -0.2) is 4.79 Å². The van der Waals surface area contributed by atoms with Crippen molar-refractivity contribution in [2.24, 2.45) is 0 Å². The van der Waals surface area contributed by atoms with E-state index in [2.05, 4.69) is 10.6 Å². The lowest BCUT2D eigenvalue weighted by molar-refractivity contribution is -0.384. The van der Waals surface area contributed by atoms with Crippen molar-refractivity contribution in [2.75, 3.05) is 10.6 Å². The van der Waals surface area contributed by atoms with E-state index in [1.54, 1.807) is 51.1 Å². The number of nitro groups is 1. The normalized spacial score (nSPS) is 10.9. The monoisotopic (exact) mass is 359 g/mol. The topological polar surface area (TPSA) is 114 Å². The molecule has 0 atom stereocenters. The Morgan fingerprint density at radius 2 is 1.88 bits per heavy atom. The van der Waals surface area contributed by atoms with Crippen LogP contribution in [0.3, 0.4) is 0 Å². The highest BCUT2D eigenvalue weighted by molar-refractivity contribution is 5.86. The molecule has 2 aromatic carbocycles. The first-order valence-corrected chi connectivity index (χ1v) is 7.93. The maximum absolute atomic E-state index is 11.8. The second-order valence-electron chi connectivity index (χ2n) is 6.60. The summed E-state index contributed by atoms with van der Waals surface area (Å²) in [4.78, 5) is 22.6. The number of hydrogen-bond acceptors (Lipinski definition) is 6. The summed E-state index contributed by atoms with van der Waals surface area (Å²) in [5, 5.41) is 25.9. The first-order valence-electron chi connectivity index (χ1n) is 7.93. The highest BCUT2D eigenvalue weighted by atomic mass is 16.6. The van der Waals surface area contributed by atoms with Crippen LogP contribution in [0.2, 0.25) is 0 Å². The number of rotatable bonds is 5. The van der Waals surface area contributed by atoms with Gasteiger partial charge in [-0.15, -0.1) is 0 Å². The second kappa shape index (κ2) is 7.83. The van der Waals surface area contributed by atoms with Crippen LogP contribution in [0.4, 0.5) is 27.5 Å². The molecule has 0 unspecified atom stereocenters. The number of aliphatic hydroxyl groups excluding tert-OH is 1. The SMILES string of the molecule is CC(C)(C)OC(=O)Nc1cccc(Nc2ccc(CO)cc2[N+](=O)[O-])c1. The molecular formula is C18H21N3O5. The number of nitrogens with zero attached hydrogens (tertiary/aromatic N) is 1. The molecule has 8 nitrogen and oxygen atoms in total. The Morgan fingerprint density at radius 1 is 1.19 bits per heavy atom. The lowest BCUT2D eigenvalue weighted by Crippen LogP contribution is -2.27. The molecule has 0 radical (unpaired) electrons. The second-order valence-corrected chi connectivity index (χ2v) is 6.60. The average Bonchev–Trinajstić information content (AvgIpc) is 2.53. The Morgan fingerprint density at radius 3 is 2.50 bits per heavy atom. The molecule has 3 N–H and O–H groups in total. The van der Waals surface area contributed by atoms with Gasteiger partial charge in [-0.3, -0.25) is 15.4 Å². The molecule has 2 rings (SSSR count). The Balaban J connectivity index is 2.19. The lowest BCUT2D eigenvalue weighted by atomic mass is 10.1. The van der Waals surface area contributed by atoms with E-state index in [-0.39, 0.29) is 18.0 Å². The van der Waals surface area contributed by atoms with Crippen molar-refractivity contribution >= 4 is 28.8 Å². The smallest absolute Gasteiger partial charge is 0.412 e. The summed E-state index contributed by atoms with van der Waals surface area (Å²) >= 11 is 0. The zero-order valence-corrected chi connectivity index (χ0v) is 14.8. The summed E-state index contributed by atoms with van der Waals surface area (Å²) in [6.45, 7) is 5.01. The largest absolute Gasteiger partial charge is 0.444 e. The zero-order valence-electron chi connectivity index (χ0n) is 14.8. The fourth-order valence-electron chi connectivity index (χ4n) is 2.18. The van der Waals surface area contributed by atoms with Crippen molar-refractivity contribution in [3.8, 4) is 0 Å². The molecule has 0 saturated heterocycles. The van der Waals surface area contributed by atoms with Gasteiger partial charge >= 0.3 is 6.09 Å². The van der Waals surface area contributed by atoms with Gasteiger partial charge in [0.15, 0.2) is 0 Å². The summed E-state index contributed by atoms with van der Waals surface area (Å²) in [7, 11) is 0. The average molecular weight is 359 g/mol. The van der Waals surface area contributed by atoms with Gasteiger partial charge in [-0.2, -0.15) is 0 Å². The minimum Gasteiger partial charge on any atom is -0.444 e. The molecule has 2 aromatic rings. The summed E-state index contributed by atoms with van der Waals surface area (Å²) < 4.78 is 5.19. The molecule has 0 saturated carbocycles. The van der Waals surface area contributed by atoms with E-state index in [0.29, 0.717) is 16.9 Å². The van der Waals surface area contributed by atoms with Gasteiger partial charge in [-0.05, 0) is 50.6 Å².